The molecule has 0 aliphatic rings. The van der Waals surface area contributed by atoms with Crippen molar-refractivity contribution in [2.75, 3.05) is 0 Å². The van der Waals surface area contributed by atoms with Gasteiger partial charge in [0.05, 0.1) is 11.7 Å². The van der Waals surface area contributed by atoms with Gasteiger partial charge >= 0.3 is 0 Å². The van der Waals surface area contributed by atoms with Crippen LogP contribution in [0.25, 0.3) is 0 Å². The van der Waals surface area contributed by atoms with E-state index in [0.717, 1.165) is 27.7 Å². The Hall–Kier alpha value is -2.18. The summed E-state index contributed by atoms with van der Waals surface area (Å²) in [6, 6.07) is 12.1. The lowest BCUT2D eigenvalue weighted by Crippen LogP contribution is -2.25. The maximum Gasteiger partial charge on any atom is 0.263 e. The fourth-order valence-electron chi connectivity index (χ4n) is 2.56. The van der Waals surface area contributed by atoms with Gasteiger partial charge in [0.25, 0.3) is 5.91 Å². The van der Waals surface area contributed by atoms with Gasteiger partial charge in [-0.05, 0) is 49.4 Å². The van der Waals surface area contributed by atoms with Gasteiger partial charge in [0, 0.05) is 4.88 Å². The normalized spacial score (nSPS) is 12.0. The molecule has 1 unspecified atom stereocenters. The van der Waals surface area contributed by atoms with Crippen LogP contribution in [0.3, 0.4) is 0 Å². The molecule has 2 aromatic heterocycles. The van der Waals surface area contributed by atoms with E-state index in [1.54, 1.807) is 11.3 Å². The number of amides is 1. The van der Waals surface area contributed by atoms with E-state index >= 15 is 0 Å². The molecule has 0 saturated heterocycles. The van der Waals surface area contributed by atoms with E-state index < -0.39 is 0 Å². The molecule has 0 bridgehead atoms. The molecule has 1 atom stereocenters. The summed E-state index contributed by atoms with van der Waals surface area (Å²) in [5.41, 5.74) is 2.02. The molecule has 0 spiro atoms. The first-order valence-corrected chi connectivity index (χ1v) is 10.3. The number of ether oxygens (including phenoxy) is 1. The summed E-state index contributed by atoms with van der Waals surface area (Å²) in [4.78, 5) is 18.8. The standard InChI is InChI=1S/C20H22N2O2S2/c1-4-15-7-9-16(10-8-15)24-12-18-21-14(3)19(26-18)20(23)22-13(2)17-6-5-11-25-17/h5-11,13H,4,12H2,1-3H3,(H,22,23). The first-order valence-electron chi connectivity index (χ1n) is 8.59. The number of benzene rings is 1. The molecular weight excluding hydrogens is 364 g/mol. The van der Waals surface area contributed by atoms with Gasteiger partial charge in [-0.25, -0.2) is 4.98 Å². The largest absolute Gasteiger partial charge is 0.486 e. The first-order chi connectivity index (χ1) is 12.6. The quantitative estimate of drug-likeness (QED) is 0.611. The first kappa shape index (κ1) is 18.6. The molecule has 136 valence electrons. The molecule has 2 heterocycles. The van der Waals surface area contributed by atoms with Gasteiger partial charge in [-0.3, -0.25) is 4.79 Å². The van der Waals surface area contributed by atoms with E-state index in [1.165, 1.54) is 16.9 Å². The van der Waals surface area contributed by atoms with Crippen molar-refractivity contribution in [1.29, 1.82) is 0 Å². The minimum atomic E-state index is -0.0838. The lowest BCUT2D eigenvalue weighted by Gasteiger charge is -2.11. The number of rotatable bonds is 7. The Balaban J connectivity index is 1.61. The smallest absolute Gasteiger partial charge is 0.263 e. The second-order valence-corrected chi connectivity index (χ2v) is 8.08. The number of aromatic nitrogens is 1. The number of carbonyl (C=O) groups excluding carboxylic acids is 1. The second kappa shape index (κ2) is 8.47. The number of hydrogen-bond acceptors (Lipinski definition) is 5. The van der Waals surface area contributed by atoms with Crippen LogP contribution in [0.15, 0.2) is 41.8 Å². The van der Waals surface area contributed by atoms with Crippen molar-refractivity contribution in [2.45, 2.75) is 39.8 Å². The zero-order chi connectivity index (χ0) is 18.5. The van der Waals surface area contributed by atoms with Crippen molar-refractivity contribution in [3.8, 4) is 5.75 Å². The minimum Gasteiger partial charge on any atom is -0.486 e. The minimum absolute atomic E-state index is 0.0132. The third kappa shape index (κ3) is 4.51. The summed E-state index contributed by atoms with van der Waals surface area (Å²) in [7, 11) is 0. The Morgan fingerprint density at radius 3 is 2.69 bits per heavy atom. The van der Waals surface area contributed by atoms with E-state index in [4.69, 9.17) is 4.74 Å². The molecule has 4 nitrogen and oxygen atoms in total. The summed E-state index contributed by atoms with van der Waals surface area (Å²) in [5.74, 6) is 0.729. The predicted octanol–water partition coefficient (Wildman–Crippen LogP) is 5.15. The predicted molar refractivity (Wildman–Crippen MR) is 107 cm³/mol. The van der Waals surface area contributed by atoms with Crippen LogP contribution >= 0.6 is 22.7 Å². The van der Waals surface area contributed by atoms with E-state index in [0.29, 0.717) is 11.5 Å². The highest BCUT2D eigenvalue weighted by atomic mass is 32.1. The zero-order valence-corrected chi connectivity index (χ0v) is 16.7. The van der Waals surface area contributed by atoms with Crippen LogP contribution in [0, 0.1) is 6.92 Å². The number of aryl methyl sites for hydroxylation is 2. The Labute approximate surface area is 161 Å². The fourth-order valence-corrected chi connectivity index (χ4v) is 4.18. The van der Waals surface area contributed by atoms with E-state index in [2.05, 4.69) is 29.4 Å². The maximum atomic E-state index is 12.6. The Morgan fingerprint density at radius 2 is 2.04 bits per heavy atom. The van der Waals surface area contributed by atoms with E-state index in [9.17, 15) is 4.79 Å². The monoisotopic (exact) mass is 386 g/mol. The van der Waals surface area contributed by atoms with Crippen LogP contribution in [0.1, 0.15) is 50.7 Å². The number of hydrogen-bond donors (Lipinski definition) is 1. The van der Waals surface area contributed by atoms with Crippen LogP contribution in [0.2, 0.25) is 0 Å². The number of thiazole rings is 1. The van der Waals surface area contributed by atoms with Crippen molar-refractivity contribution in [3.63, 3.8) is 0 Å². The third-order valence-electron chi connectivity index (χ3n) is 4.06. The lowest BCUT2D eigenvalue weighted by molar-refractivity contribution is 0.0944. The topological polar surface area (TPSA) is 51.2 Å². The molecule has 1 aromatic carbocycles. The number of carbonyl (C=O) groups is 1. The van der Waals surface area contributed by atoms with Crippen molar-refractivity contribution < 1.29 is 9.53 Å². The molecule has 3 aromatic rings. The molecule has 0 radical (unpaired) electrons. The second-order valence-electron chi connectivity index (χ2n) is 6.02. The van der Waals surface area contributed by atoms with Crippen LogP contribution in [-0.2, 0) is 13.0 Å². The summed E-state index contributed by atoms with van der Waals surface area (Å²) in [5, 5.41) is 5.85. The molecule has 3 rings (SSSR count). The Morgan fingerprint density at radius 1 is 1.27 bits per heavy atom. The van der Waals surface area contributed by atoms with Crippen molar-refractivity contribution in [2.24, 2.45) is 0 Å². The van der Waals surface area contributed by atoms with Gasteiger partial charge in [0.2, 0.25) is 0 Å². The van der Waals surface area contributed by atoms with Crippen molar-refractivity contribution in [3.05, 3.63) is 67.8 Å². The van der Waals surface area contributed by atoms with E-state index in [1.807, 2.05) is 43.5 Å². The van der Waals surface area contributed by atoms with Gasteiger partial charge in [-0.2, -0.15) is 0 Å². The molecular formula is C20H22N2O2S2. The third-order valence-corrected chi connectivity index (χ3v) is 6.24. The number of thiophene rings is 1. The van der Waals surface area contributed by atoms with Gasteiger partial charge in [0.1, 0.15) is 22.2 Å². The Kier molecular flexibility index (Phi) is 6.06. The molecule has 0 aliphatic heterocycles. The van der Waals surface area contributed by atoms with Gasteiger partial charge in [-0.15, -0.1) is 22.7 Å². The highest BCUT2D eigenvalue weighted by molar-refractivity contribution is 7.13. The fraction of sp³-hybridized carbons (Fsp3) is 0.300. The molecule has 1 amide bonds. The maximum absolute atomic E-state index is 12.6. The van der Waals surface area contributed by atoms with Gasteiger partial charge in [0.15, 0.2) is 0 Å². The van der Waals surface area contributed by atoms with Crippen LogP contribution in [0.5, 0.6) is 5.75 Å². The molecule has 26 heavy (non-hydrogen) atoms. The van der Waals surface area contributed by atoms with Crippen LogP contribution < -0.4 is 10.1 Å². The number of nitrogens with one attached hydrogen (secondary N) is 1. The van der Waals surface area contributed by atoms with Crippen molar-refractivity contribution >= 4 is 28.6 Å². The Bertz CT molecular complexity index is 855. The SMILES string of the molecule is CCc1ccc(OCc2nc(C)c(C(=O)NC(C)c3cccs3)s2)cc1. The average Bonchev–Trinajstić information content (AvgIpc) is 3.30. The van der Waals surface area contributed by atoms with Gasteiger partial charge < -0.3 is 10.1 Å². The summed E-state index contributed by atoms with van der Waals surface area (Å²) >= 11 is 3.03. The van der Waals surface area contributed by atoms with Gasteiger partial charge in [-0.1, -0.05) is 25.1 Å². The van der Waals surface area contributed by atoms with Crippen LogP contribution in [-0.4, -0.2) is 10.9 Å². The lowest BCUT2D eigenvalue weighted by atomic mass is 10.2. The number of nitrogens with zero attached hydrogens (tertiary/aromatic N) is 1. The summed E-state index contributed by atoms with van der Waals surface area (Å²) in [6.07, 6.45) is 1.01. The highest BCUT2D eigenvalue weighted by Gasteiger charge is 2.18. The zero-order valence-electron chi connectivity index (χ0n) is 15.1. The van der Waals surface area contributed by atoms with Crippen molar-refractivity contribution in [1.82, 2.24) is 10.3 Å². The molecule has 0 fully saturated rings. The van der Waals surface area contributed by atoms with Crippen LogP contribution in [0.4, 0.5) is 0 Å². The molecule has 6 heteroatoms. The summed E-state index contributed by atoms with van der Waals surface area (Å²) in [6.45, 7) is 6.34. The highest BCUT2D eigenvalue weighted by Crippen LogP contribution is 2.23. The average molecular weight is 387 g/mol. The van der Waals surface area contributed by atoms with E-state index in [-0.39, 0.29) is 11.9 Å². The summed E-state index contributed by atoms with van der Waals surface area (Å²) < 4.78 is 5.80. The molecule has 1 N–H and O–H groups in total. The molecule has 0 saturated carbocycles. The molecule has 0 aliphatic carbocycles.